The van der Waals surface area contributed by atoms with E-state index in [4.69, 9.17) is 11.6 Å². The van der Waals surface area contributed by atoms with E-state index in [1.807, 2.05) is 60.7 Å². The zero-order valence-corrected chi connectivity index (χ0v) is 16.2. The van der Waals surface area contributed by atoms with Gasteiger partial charge in [0.25, 0.3) is 0 Å². The van der Waals surface area contributed by atoms with Gasteiger partial charge in [-0.3, -0.25) is 10.3 Å². The van der Waals surface area contributed by atoms with E-state index in [-0.39, 0.29) is 6.03 Å². The Morgan fingerprint density at radius 2 is 1.64 bits per heavy atom. The lowest BCUT2D eigenvalue weighted by molar-refractivity contribution is 0.262. The van der Waals surface area contributed by atoms with Crippen LogP contribution in [-0.2, 0) is 0 Å². The van der Waals surface area contributed by atoms with E-state index in [0.29, 0.717) is 15.8 Å². The molecule has 0 aliphatic rings. The van der Waals surface area contributed by atoms with Crippen molar-refractivity contribution < 1.29 is 4.79 Å². The molecule has 28 heavy (non-hydrogen) atoms. The summed E-state index contributed by atoms with van der Waals surface area (Å²) in [6.07, 6.45) is 5.24. The summed E-state index contributed by atoms with van der Waals surface area (Å²) in [5.74, 6) is 0. The molecule has 2 aromatic heterocycles. The van der Waals surface area contributed by atoms with E-state index >= 15 is 0 Å². The van der Waals surface area contributed by atoms with Crippen molar-refractivity contribution >= 4 is 39.8 Å². The summed E-state index contributed by atoms with van der Waals surface area (Å²) >= 11 is 7.75. The van der Waals surface area contributed by atoms with Gasteiger partial charge in [0.1, 0.15) is 0 Å². The molecule has 4 aromatic rings. The minimum absolute atomic E-state index is 0.340. The number of carbonyl (C=O) groups is 1. The molecule has 0 unspecified atom stereocenters. The fraction of sp³-hybridized carbons (Fsp3) is 0. The van der Waals surface area contributed by atoms with Crippen LogP contribution in [0.3, 0.4) is 0 Å². The lowest BCUT2D eigenvalue weighted by atomic mass is 10.0. The number of para-hydroxylation sites is 1. The Kier molecular flexibility index (Phi) is 5.32. The third-order valence-electron chi connectivity index (χ3n) is 4.01. The number of anilines is 2. The molecular weight excluding hydrogens is 392 g/mol. The number of hydrogen-bond donors (Lipinski definition) is 2. The van der Waals surface area contributed by atoms with Crippen LogP contribution in [0.25, 0.3) is 21.6 Å². The maximum Gasteiger partial charge on any atom is 0.325 e. The van der Waals surface area contributed by atoms with Crippen molar-refractivity contribution in [3.63, 3.8) is 0 Å². The Hall–Kier alpha value is -3.22. The van der Waals surface area contributed by atoms with Crippen molar-refractivity contribution in [2.24, 2.45) is 0 Å². The number of carbonyl (C=O) groups excluding carboxylic acids is 1. The van der Waals surface area contributed by atoms with Crippen LogP contribution in [0.15, 0.2) is 79.3 Å². The largest absolute Gasteiger partial charge is 0.325 e. The van der Waals surface area contributed by atoms with E-state index in [1.54, 1.807) is 18.6 Å². The molecule has 0 bridgehead atoms. The standard InChI is InChI=1S/C21H15ClN4OS/c22-18-9-5-4-8-15(18)17-12-23-11-10-16(17)19-13-24-21(28-19)26-20(27)25-14-6-2-1-3-7-14/h1-13H,(H2,24,25,26,27). The number of nitrogens with zero attached hydrogens (tertiary/aromatic N) is 2. The minimum atomic E-state index is -0.340. The highest BCUT2D eigenvalue weighted by molar-refractivity contribution is 7.19. The van der Waals surface area contributed by atoms with Crippen molar-refractivity contribution in [2.75, 3.05) is 10.6 Å². The van der Waals surface area contributed by atoms with Crippen LogP contribution in [-0.4, -0.2) is 16.0 Å². The molecule has 0 atom stereocenters. The maximum absolute atomic E-state index is 12.2. The van der Waals surface area contributed by atoms with E-state index in [1.165, 1.54) is 11.3 Å². The summed E-state index contributed by atoms with van der Waals surface area (Å²) in [6.45, 7) is 0. The van der Waals surface area contributed by atoms with Gasteiger partial charge >= 0.3 is 6.03 Å². The highest BCUT2D eigenvalue weighted by atomic mass is 35.5. The predicted octanol–water partition coefficient (Wildman–Crippen LogP) is 6.17. The first-order valence-corrected chi connectivity index (χ1v) is 9.68. The van der Waals surface area contributed by atoms with Gasteiger partial charge in [-0.05, 0) is 24.3 Å². The summed E-state index contributed by atoms with van der Waals surface area (Å²) in [6, 6.07) is 18.5. The molecule has 0 fully saturated rings. The van der Waals surface area contributed by atoms with Crippen LogP contribution in [0.5, 0.6) is 0 Å². The number of rotatable bonds is 4. The monoisotopic (exact) mass is 406 g/mol. The molecule has 2 amide bonds. The Labute approximate surface area is 171 Å². The van der Waals surface area contributed by atoms with E-state index in [2.05, 4.69) is 20.6 Å². The number of nitrogens with one attached hydrogen (secondary N) is 2. The number of urea groups is 1. The second kappa shape index (κ2) is 8.21. The molecule has 7 heteroatoms. The van der Waals surface area contributed by atoms with Crippen LogP contribution in [0.4, 0.5) is 15.6 Å². The van der Waals surface area contributed by atoms with Crippen molar-refractivity contribution in [3.8, 4) is 21.6 Å². The van der Waals surface area contributed by atoms with E-state index in [0.717, 1.165) is 21.6 Å². The number of thiazole rings is 1. The lowest BCUT2D eigenvalue weighted by Gasteiger charge is -2.08. The van der Waals surface area contributed by atoms with Gasteiger partial charge < -0.3 is 5.32 Å². The summed E-state index contributed by atoms with van der Waals surface area (Å²) in [5, 5.41) is 6.70. The van der Waals surface area contributed by atoms with Gasteiger partial charge in [0, 0.05) is 46.0 Å². The highest BCUT2D eigenvalue weighted by Crippen LogP contribution is 2.38. The first-order chi connectivity index (χ1) is 13.7. The van der Waals surface area contributed by atoms with Crippen molar-refractivity contribution in [1.29, 1.82) is 0 Å². The minimum Gasteiger partial charge on any atom is -0.308 e. The predicted molar refractivity (Wildman–Crippen MR) is 115 cm³/mol. The molecule has 5 nitrogen and oxygen atoms in total. The van der Waals surface area contributed by atoms with Crippen molar-refractivity contribution in [1.82, 2.24) is 9.97 Å². The van der Waals surface area contributed by atoms with Gasteiger partial charge in [0.05, 0.1) is 4.88 Å². The maximum atomic E-state index is 12.2. The van der Waals surface area contributed by atoms with Gasteiger partial charge in [0.2, 0.25) is 0 Å². The second-order valence-corrected chi connectivity index (χ2v) is 7.31. The molecule has 138 valence electrons. The summed E-state index contributed by atoms with van der Waals surface area (Å²) in [7, 11) is 0. The van der Waals surface area contributed by atoms with Gasteiger partial charge in [-0.25, -0.2) is 9.78 Å². The van der Waals surface area contributed by atoms with Crippen LogP contribution in [0.2, 0.25) is 5.02 Å². The van der Waals surface area contributed by atoms with Gasteiger partial charge in [-0.1, -0.05) is 59.3 Å². The smallest absolute Gasteiger partial charge is 0.308 e. The molecule has 0 saturated heterocycles. The number of aromatic nitrogens is 2. The summed E-state index contributed by atoms with van der Waals surface area (Å²) in [4.78, 5) is 21.6. The highest BCUT2D eigenvalue weighted by Gasteiger charge is 2.14. The Morgan fingerprint density at radius 3 is 2.46 bits per heavy atom. The molecule has 2 aromatic carbocycles. The Balaban J connectivity index is 1.57. The summed E-state index contributed by atoms with van der Waals surface area (Å²) < 4.78 is 0. The Bertz CT molecular complexity index is 1110. The zero-order chi connectivity index (χ0) is 19.3. The van der Waals surface area contributed by atoms with Gasteiger partial charge in [-0.15, -0.1) is 0 Å². The third kappa shape index (κ3) is 4.03. The molecule has 0 saturated carbocycles. The SMILES string of the molecule is O=C(Nc1ccccc1)Nc1ncc(-c2ccncc2-c2ccccc2Cl)s1. The van der Waals surface area contributed by atoms with Gasteiger partial charge in [0.15, 0.2) is 5.13 Å². The number of halogens is 1. The molecule has 2 heterocycles. The third-order valence-corrected chi connectivity index (χ3v) is 5.28. The lowest BCUT2D eigenvalue weighted by Crippen LogP contribution is -2.19. The second-order valence-electron chi connectivity index (χ2n) is 5.88. The fourth-order valence-corrected chi connectivity index (χ4v) is 3.83. The summed E-state index contributed by atoms with van der Waals surface area (Å²) in [5.41, 5.74) is 3.48. The van der Waals surface area contributed by atoms with Gasteiger partial charge in [-0.2, -0.15) is 0 Å². The normalized spacial score (nSPS) is 10.5. The van der Waals surface area contributed by atoms with Crippen LogP contribution in [0.1, 0.15) is 0 Å². The first-order valence-electron chi connectivity index (χ1n) is 8.49. The quantitative estimate of drug-likeness (QED) is 0.426. The van der Waals surface area contributed by atoms with Crippen molar-refractivity contribution in [3.05, 3.63) is 84.3 Å². The molecule has 4 rings (SSSR count). The average Bonchev–Trinajstić information content (AvgIpc) is 3.17. The molecule has 0 radical (unpaired) electrons. The number of hydrogen-bond acceptors (Lipinski definition) is 4. The molecule has 0 aliphatic heterocycles. The number of benzene rings is 2. The van der Waals surface area contributed by atoms with Crippen LogP contribution in [0, 0.1) is 0 Å². The molecule has 0 aliphatic carbocycles. The van der Waals surface area contributed by atoms with E-state index in [9.17, 15) is 4.79 Å². The fourth-order valence-electron chi connectivity index (χ4n) is 2.74. The molecular formula is C21H15ClN4OS. The Morgan fingerprint density at radius 1 is 0.857 bits per heavy atom. The number of amides is 2. The topological polar surface area (TPSA) is 66.9 Å². The zero-order valence-electron chi connectivity index (χ0n) is 14.6. The van der Waals surface area contributed by atoms with Crippen molar-refractivity contribution in [2.45, 2.75) is 0 Å². The first kappa shape index (κ1) is 18.2. The van der Waals surface area contributed by atoms with E-state index < -0.39 is 0 Å². The van der Waals surface area contributed by atoms with Crippen LogP contribution >= 0.6 is 22.9 Å². The van der Waals surface area contributed by atoms with Crippen LogP contribution < -0.4 is 10.6 Å². The number of pyridine rings is 1. The molecule has 0 spiro atoms. The molecule has 2 N–H and O–H groups in total. The average molecular weight is 407 g/mol.